The van der Waals surface area contributed by atoms with Crippen molar-refractivity contribution in [3.63, 3.8) is 0 Å². The largest absolute Gasteiger partial charge is 0.497 e. The maximum atomic E-state index is 13.3. The molecule has 168 valence electrons. The van der Waals surface area contributed by atoms with Crippen LogP contribution in [0.1, 0.15) is 36.0 Å². The second kappa shape index (κ2) is 7.54. The summed E-state index contributed by atoms with van der Waals surface area (Å²) >= 11 is 0. The van der Waals surface area contributed by atoms with Gasteiger partial charge in [0, 0.05) is 5.92 Å². The molecule has 1 heterocycles. The van der Waals surface area contributed by atoms with Crippen LogP contribution in [-0.2, 0) is 21.3 Å². The van der Waals surface area contributed by atoms with Gasteiger partial charge in [0.15, 0.2) is 0 Å². The highest BCUT2D eigenvalue weighted by Gasteiger charge is 2.53. The lowest BCUT2D eigenvalue weighted by atomic mass is 9.92. The van der Waals surface area contributed by atoms with Gasteiger partial charge in [-0.3, -0.25) is 15.0 Å². The minimum absolute atomic E-state index is 0.0265. The van der Waals surface area contributed by atoms with Crippen LogP contribution < -0.4 is 15.5 Å². The lowest BCUT2D eigenvalue weighted by molar-refractivity contribution is -0.139. The van der Waals surface area contributed by atoms with Crippen molar-refractivity contribution >= 4 is 17.8 Å². The first kappa shape index (κ1) is 21.7. The van der Waals surface area contributed by atoms with Gasteiger partial charge < -0.3 is 10.1 Å². The normalized spacial score (nSPS) is 24.8. The van der Waals surface area contributed by atoms with Crippen molar-refractivity contribution in [2.24, 2.45) is 5.92 Å². The molecular formula is C22H20F3N3O4. The SMILES string of the molecule is COc1cccc(C2(C)NC(=O)N(NC(=O)C3CC3c3ccccc3C(F)(F)F)C2=O)c1. The minimum atomic E-state index is -4.54. The van der Waals surface area contributed by atoms with E-state index in [0.717, 1.165) is 6.07 Å². The highest BCUT2D eigenvalue weighted by atomic mass is 19.4. The van der Waals surface area contributed by atoms with Crippen LogP contribution in [0.25, 0.3) is 0 Å². The Morgan fingerprint density at radius 3 is 2.59 bits per heavy atom. The van der Waals surface area contributed by atoms with Crippen molar-refractivity contribution in [1.29, 1.82) is 0 Å². The number of hydrogen-bond acceptors (Lipinski definition) is 4. The van der Waals surface area contributed by atoms with Crippen molar-refractivity contribution in [1.82, 2.24) is 15.8 Å². The van der Waals surface area contributed by atoms with Gasteiger partial charge in [0.05, 0.1) is 12.7 Å². The van der Waals surface area contributed by atoms with Gasteiger partial charge >= 0.3 is 12.2 Å². The third-order valence-electron chi connectivity index (χ3n) is 5.85. The summed E-state index contributed by atoms with van der Waals surface area (Å²) in [5.41, 5.74) is 0.522. The van der Waals surface area contributed by atoms with E-state index in [2.05, 4.69) is 10.7 Å². The molecule has 1 saturated carbocycles. The molecule has 2 fully saturated rings. The topological polar surface area (TPSA) is 87.7 Å². The molecule has 0 aromatic heterocycles. The van der Waals surface area contributed by atoms with Crippen LogP contribution in [0.4, 0.5) is 18.0 Å². The van der Waals surface area contributed by atoms with Gasteiger partial charge in [-0.25, -0.2) is 4.79 Å². The summed E-state index contributed by atoms with van der Waals surface area (Å²) in [5.74, 6) is -2.33. The minimum Gasteiger partial charge on any atom is -0.497 e. The Morgan fingerprint density at radius 1 is 1.19 bits per heavy atom. The Kier molecular flexibility index (Phi) is 5.10. The number of benzene rings is 2. The number of halogens is 3. The maximum absolute atomic E-state index is 13.3. The van der Waals surface area contributed by atoms with Gasteiger partial charge in [-0.15, -0.1) is 0 Å². The average molecular weight is 447 g/mol. The molecule has 2 aromatic carbocycles. The molecule has 4 amide bonds. The molecule has 2 N–H and O–H groups in total. The van der Waals surface area contributed by atoms with Crippen LogP contribution in [0.5, 0.6) is 5.75 Å². The van der Waals surface area contributed by atoms with Gasteiger partial charge in [-0.1, -0.05) is 30.3 Å². The lowest BCUT2D eigenvalue weighted by Crippen LogP contribution is -2.48. The van der Waals surface area contributed by atoms with Crippen LogP contribution in [-0.4, -0.2) is 30.0 Å². The van der Waals surface area contributed by atoms with Crippen molar-refractivity contribution in [3.8, 4) is 5.75 Å². The first-order chi connectivity index (χ1) is 15.1. The van der Waals surface area contributed by atoms with Gasteiger partial charge in [0.1, 0.15) is 11.3 Å². The van der Waals surface area contributed by atoms with E-state index in [1.807, 2.05) is 0 Å². The number of nitrogens with one attached hydrogen (secondary N) is 2. The zero-order valence-electron chi connectivity index (χ0n) is 17.2. The van der Waals surface area contributed by atoms with Gasteiger partial charge in [-0.05, 0) is 48.6 Å². The standard InChI is InChI=1S/C22H20F3N3O4/c1-21(12-6-5-7-13(10-12)32-2)19(30)28(20(31)26-21)27-18(29)16-11-15(16)14-8-3-4-9-17(14)22(23,24)25/h3-10,15-16H,11H2,1-2H3,(H,26,31)(H,27,29). The molecule has 2 aliphatic rings. The number of rotatable bonds is 5. The Morgan fingerprint density at radius 2 is 1.91 bits per heavy atom. The fraction of sp³-hybridized carbons (Fsp3) is 0.318. The monoisotopic (exact) mass is 447 g/mol. The molecule has 0 bridgehead atoms. The number of alkyl halides is 3. The first-order valence-corrected chi connectivity index (χ1v) is 9.84. The van der Waals surface area contributed by atoms with Crippen LogP contribution in [0.2, 0.25) is 0 Å². The summed E-state index contributed by atoms with van der Waals surface area (Å²) in [6.07, 6.45) is -4.35. The molecule has 3 unspecified atom stereocenters. The van der Waals surface area contributed by atoms with Gasteiger partial charge in [-0.2, -0.15) is 18.2 Å². The molecule has 4 rings (SSSR count). The lowest BCUT2D eigenvalue weighted by Gasteiger charge is -2.22. The Labute approximate surface area is 181 Å². The zero-order chi connectivity index (χ0) is 23.3. The molecule has 0 radical (unpaired) electrons. The smallest absolute Gasteiger partial charge is 0.416 e. The van der Waals surface area contributed by atoms with Gasteiger partial charge in [0.25, 0.3) is 5.91 Å². The highest BCUT2D eigenvalue weighted by Crippen LogP contribution is 2.51. The van der Waals surface area contributed by atoms with Crippen molar-refractivity contribution in [3.05, 3.63) is 65.2 Å². The number of hydrogen-bond donors (Lipinski definition) is 2. The number of nitrogens with zero attached hydrogens (tertiary/aromatic N) is 1. The summed E-state index contributed by atoms with van der Waals surface area (Å²) in [4.78, 5) is 38.1. The number of amides is 4. The number of carbonyl (C=O) groups excluding carboxylic acids is 3. The van der Waals surface area contributed by atoms with Crippen molar-refractivity contribution in [2.75, 3.05) is 7.11 Å². The number of hydrazine groups is 1. The van der Waals surface area contributed by atoms with Crippen molar-refractivity contribution < 1.29 is 32.3 Å². The molecule has 1 saturated heterocycles. The number of imide groups is 1. The Hall–Kier alpha value is -3.56. The number of urea groups is 1. The summed E-state index contributed by atoms with van der Waals surface area (Å²) < 4.78 is 45.0. The molecule has 0 spiro atoms. The summed E-state index contributed by atoms with van der Waals surface area (Å²) in [6, 6.07) is 10.8. The van der Waals surface area contributed by atoms with E-state index in [0.29, 0.717) is 16.3 Å². The first-order valence-electron chi connectivity index (χ1n) is 9.84. The van der Waals surface area contributed by atoms with E-state index in [1.165, 1.54) is 32.2 Å². The predicted molar refractivity (Wildman–Crippen MR) is 106 cm³/mol. The number of methoxy groups -OCH3 is 1. The van der Waals surface area contributed by atoms with Gasteiger partial charge in [0.2, 0.25) is 5.91 Å². The van der Waals surface area contributed by atoms with E-state index >= 15 is 0 Å². The van der Waals surface area contributed by atoms with E-state index in [1.54, 1.807) is 24.3 Å². The molecule has 3 atom stereocenters. The van der Waals surface area contributed by atoms with Crippen molar-refractivity contribution in [2.45, 2.75) is 31.0 Å². The Balaban J connectivity index is 1.49. The Bertz CT molecular complexity index is 1100. The van der Waals surface area contributed by atoms with E-state index in [9.17, 15) is 27.6 Å². The van der Waals surface area contributed by atoms with Crippen LogP contribution in [0.15, 0.2) is 48.5 Å². The fourth-order valence-corrected chi connectivity index (χ4v) is 3.97. The van der Waals surface area contributed by atoms with Crippen LogP contribution in [0, 0.1) is 5.92 Å². The second-order valence-corrected chi connectivity index (χ2v) is 7.94. The quantitative estimate of drug-likeness (QED) is 0.689. The third-order valence-corrected chi connectivity index (χ3v) is 5.85. The molecule has 1 aliphatic carbocycles. The molecule has 1 aliphatic heterocycles. The molecule has 2 aromatic rings. The summed E-state index contributed by atoms with van der Waals surface area (Å²) in [7, 11) is 1.46. The van der Waals surface area contributed by atoms with E-state index < -0.39 is 47.0 Å². The fourth-order valence-electron chi connectivity index (χ4n) is 3.97. The van der Waals surface area contributed by atoms with E-state index in [-0.39, 0.29) is 12.0 Å². The molecule has 7 nitrogen and oxygen atoms in total. The summed E-state index contributed by atoms with van der Waals surface area (Å²) in [6.45, 7) is 1.49. The van der Waals surface area contributed by atoms with Crippen LogP contribution in [0.3, 0.4) is 0 Å². The second-order valence-electron chi connectivity index (χ2n) is 7.94. The molecule has 10 heteroatoms. The zero-order valence-corrected chi connectivity index (χ0v) is 17.2. The molecular weight excluding hydrogens is 427 g/mol. The maximum Gasteiger partial charge on any atom is 0.416 e. The summed E-state index contributed by atoms with van der Waals surface area (Å²) in [5, 5.41) is 3.13. The third kappa shape index (κ3) is 3.65. The van der Waals surface area contributed by atoms with E-state index in [4.69, 9.17) is 4.74 Å². The predicted octanol–water partition coefficient (Wildman–Crippen LogP) is 3.32. The number of ether oxygens (including phenoxy) is 1. The molecule has 32 heavy (non-hydrogen) atoms. The average Bonchev–Trinajstić information content (AvgIpc) is 3.53. The highest BCUT2D eigenvalue weighted by molar-refractivity contribution is 6.08. The van der Waals surface area contributed by atoms with Crippen LogP contribution >= 0.6 is 0 Å². The number of carbonyl (C=O) groups is 3.